The zero-order chi connectivity index (χ0) is 4.57. The van der Waals surface area contributed by atoms with Crippen molar-refractivity contribution in [1.82, 2.24) is 5.32 Å². The standard InChI is InChI=1S/C2H3N2O2/c5-4(6)2-1-3-2/h2H,1H2. The van der Waals surface area contributed by atoms with Crippen LogP contribution in [0, 0.1) is 10.1 Å². The summed E-state index contributed by atoms with van der Waals surface area (Å²) < 4.78 is 0. The van der Waals surface area contributed by atoms with Gasteiger partial charge in [0.25, 0.3) is 6.17 Å². The molecule has 4 nitrogen and oxygen atoms in total. The van der Waals surface area contributed by atoms with E-state index in [-0.39, 0.29) is 4.92 Å². The number of nitrogens with zero attached hydrogens (tertiary/aromatic N) is 2. The van der Waals surface area contributed by atoms with Gasteiger partial charge in [-0.3, -0.25) is 10.1 Å². The Labute approximate surface area is 34.3 Å². The summed E-state index contributed by atoms with van der Waals surface area (Å²) in [5.41, 5.74) is 0. The fourth-order valence-electron chi connectivity index (χ4n) is 0.180. The largest absolute Gasteiger partial charge is 0.295 e. The van der Waals surface area contributed by atoms with Gasteiger partial charge in [0, 0.05) is 4.92 Å². The van der Waals surface area contributed by atoms with E-state index < -0.39 is 6.17 Å². The highest BCUT2D eigenvalue weighted by Gasteiger charge is 2.34. The van der Waals surface area contributed by atoms with Crippen LogP contribution in [-0.4, -0.2) is 17.6 Å². The van der Waals surface area contributed by atoms with E-state index in [9.17, 15) is 10.1 Å². The maximum absolute atomic E-state index is 9.47. The third-order valence-electron chi connectivity index (χ3n) is 0.589. The van der Waals surface area contributed by atoms with Crippen LogP contribution in [0.1, 0.15) is 0 Å². The molecule has 0 aromatic rings. The molecular formula is C2H3N2O2. The molecule has 33 valence electrons. The Bertz CT molecular complexity index is 77.6. The van der Waals surface area contributed by atoms with Crippen LogP contribution in [-0.2, 0) is 0 Å². The Balaban J connectivity index is 2.31. The Morgan fingerprint density at radius 1 is 2.00 bits per heavy atom. The lowest BCUT2D eigenvalue weighted by Gasteiger charge is -1.74. The highest BCUT2D eigenvalue weighted by atomic mass is 16.6. The number of rotatable bonds is 1. The predicted octanol–water partition coefficient (Wildman–Crippen LogP) is -0.793. The molecule has 1 rings (SSSR count). The van der Waals surface area contributed by atoms with Crippen LogP contribution in [0.3, 0.4) is 0 Å². The lowest BCUT2D eigenvalue weighted by Crippen LogP contribution is -2.02. The lowest BCUT2D eigenvalue weighted by molar-refractivity contribution is -0.496. The molecule has 0 N–H and O–H groups in total. The van der Waals surface area contributed by atoms with Gasteiger partial charge >= 0.3 is 0 Å². The zero-order valence-corrected chi connectivity index (χ0v) is 3.00. The Hall–Kier alpha value is -0.640. The first-order chi connectivity index (χ1) is 2.80. The van der Waals surface area contributed by atoms with E-state index in [1.54, 1.807) is 0 Å². The van der Waals surface area contributed by atoms with E-state index in [0.29, 0.717) is 6.54 Å². The molecule has 1 unspecified atom stereocenters. The average molecular weight is 87.1 g/mol. The van der Waals surface area contributed by atoms with Gasteiger partial charge in [0.2, 0.25) is 0 Å². The van der Waals surface area contributed by atoms with Crippen molar-refractivity contribution < 1.29 is 4.92 Å². The second-order valence-corrected chi connectivity index (χ2v) is 1.13. The van der Waals surface area contributed by atoms with Crippen LogP contribution in [0.15, 0.2) is 0 Å². The lowest BCUT2D eigenvalue weighted by atomic mass is 10.8. The van der Waals surface area contributed by atoms with E-state index in [1.165, 1.54) is 0 Å². The van der Waals surface area contributed by atoms with Crippen LogP contribution >= 0.6 is 0 Å². The fourth-order valence-corrected chi connectivity index (χ4v) is 0.180. The Morgan fingerprint density at radius 3 is 2.50 bits per heavy atom. The molecule has 4 heteroatoms. The quantitative estimate of drug-likeness (QED) is 0.239. The molecule has 0 amide bonds. The third kappa shape index (κ3) is 0.463. The zero-order valence-electron chi connectivity index (χ0n) is 3.00. The molecule has 1 fully saturated rings. The summed E-state index contributed by atoms with van der Waals surface area (Å²) in [7, 11) is 0. The van der Waals surface area contributed by atoms with Crippen molar-refractivity contribution in [2.45, 2.75) is 6.17 Å². The van der Waals surface area contributed by atoms with E-state index in [0.717, 1.165) is 0 Å². The maximum Gasteiger partial charge on any atom is 0.295 e. The summed E-state index contributed by atoms with van der Waals surface area (Å²) >= 11 is 0. The molecule has 0 aliphatic carbocycles. The van der Waals surface area contributed by atoms with Gasteiger partial charge in [-0.25, -0.2) is 0 Å². The first kappa shape index (κ1) is 3.55. The summed E-state index contributed by atoms with van der Waals surface area (Å²) in [6, 6.07) is 0. The topological polar surface area (TPSA) is 57.2 Å². The molecule has 0 bridgehead atoms. The van der Waals surface area contributed by atoms with Gasteiger partial charge in [-0.15, -0.1) is 0 Å². The van der Waals surface area contributed by atoms with Gasteiger partial charge in [-0.05, 0) is 0 Å². The third-order valence-corrected chi connectivity index (χ3v) is 0.589. The van der Waals surface area contributed by atoms with E-state index >= 15 is 0 Å². The molecule has 0 aromatic heterocycles. The van der Waals surface area contributed by atoms with Crippen molar-refractivity contribution in [2.75, 3.05) is 6.54 Å². The Kier molecular flexibility index (Phi) is 0.537. The molecule has 6 heavy (non-hydrogen) atoms. The van der Waals surface area contributed by atoms with Gasteiger partial charge in [0.05, 0.1) is 0 Å². The molecule has 0 spiro atoms. The first-order valence-electron chi connectivity index (χ1n) is 1.61. The Morgan fingerprint density at radius 2 is 2.50 bits per heavy atom. The summed E-state index contributed by atoms with van der Waals surface area (Å²) in [4.78, 5) is 9.08. The minimum absolute atomic E-state index is 0.389. The van der Waals surface area contributed by atoms with Crippen molar-refractivity contribution in [2.24, 2.45) is 0 Å². The highest BCUT2D eigenvalue weighted by Crippen LogP contribution is 1.97. The van der Waals surface area contributed by atoms with Gasteiger partial charge in [0.1, 0.15) is 6.54 Å². The smallest absolute Gasteiger partial charge is 0.263 e. The first-order valence-corrected chi connectivity index (χ1v) is 1.61. The number of nitro groups is 1. The second kappa shape index (κ2) is 0.909. The van der Waals surface area contributed by atoms with Crippen molar-refractivity contribution in [3.63, 3.8) is 0 Å². The molecule has 1 saturated heterocycles. The van der Waals surface area contributed by atoms with Crippen molar-refractivity contribution in [3.8, 4) is 0 Å². The van der Waals surface area contributed by atoms with Crippen LogP contribution in [0.25, 0.3) is 0 Å². The molecule has 0 aromatic carbocycles. The summed E-state index contributed by atoms with van der Waals surface area (Å²) in [5.74, 6) is 0. The van der Waals surface area contributed by atoms with Gasteiger partial charge < -0.3 is 0 Å². The number of hydrogen-bond acceptors (Lipinski definition) is 2. The molecule has 1 aliphatic rings. The average Bonchev–Trinajstić information content (AvgIpc) is 2.06. The minimum Gasteiger partial charge on any atom is -0.263 e. The van der Waals surface area contributed by atoms with E-state index in [4.69, 9.17) is 0 Å². The maximum atomic E-state index is 9.47. The van der Waals surface area contributed by atoms with Crippen LogP contribution < -0.4 is 5.32 Å². The van der Waals surface area contributed by atoms with Crippen molar-refractivity contribution >= 4 is 0 Å². The normalized spacial score (nSPS) is 29.7. The van der Waals surface area contributed by atoms with Gasteiger partial charge in [-0.1, -0.05) is 0 Å². The minimum atomic E-state index is -0.551. The second-order valence-electron chi connectivity index (χ2n) is 1.13. The van der Waals surface area contributed by atoms with E-state index in [2.05, 4.69) is 5.32 Å². The van der Waals surface area contributed by atoms with Gasteiger partial charge in [0.15, 0.2) is 0 Å². The molecule has 0 saturated carbocycles. The van der Waals surface area contributed by atoms with Crippen LogP contribution in [0.2, 0.25) is 0 Å². The molecular weight excluding hydrogens is 84.0 g/mol. The fraction of sp³-hybridized carbons (Fsp3) is 1.00. The predicted molar refractivity (Wildman–Crippen MR) is 17.8 cm³/mol. The molecule has 1 heterocycles. The SMILES string of the molecule is O=[N+]([O-])C1C[N]1. The van der Waals surface area contributed by atoms with Crippen LogP contribution in [0.5, 0.6) is 0 Å². The molecule has 1 aliphatic heterocycles. The van der Waals surface area contributed by atoms with Crippen molar-refractivity contribution in [3.05, 3.63) is 10.1 Å². The molecule has 1 radical (unpaired) electrons. The van der Waals surface area contributed by atoms with Crippen molar-refractivity contribution in [1.29, 1.82) is 0 Å². The van der Waals surface area contributed by atoms with Gasteiger partial charge in [-0.2, -0.15) is 5.32 Å². The summed E-state index contributed by atoms with van der Waals surface area (Å²) in [6.45, 7) is 0.424. The number of hydrogen-bond donors (Lipinski definition) is 0. The monoisotopic (exact) mass is 87.0 g/mol. The summed E-state index contributed by atoms with van der Waals surface area (Å²) in [6.07, 6.45) is -0.551. The van der Waals surface area contributed by atoms with Crippen LogP contribution in [0.4, 0.5) is 0 Å². The molecule has 1 atom stereocenters. The summed E-state index contributed by atoms with van der Waals surface area (Å²) in [5, 5.41) is 12.9. The van der Waals surface area contributed by atoms with E-state index in [1.807, 2.05) is 0 Å². The highest BCUT2D eigenvalue weighted by molar-refractivity contribution is 4.69.